The van der Waals surface area contributed by atoms with Crippen molar-refractivity contribution in [1.29, 1.82) is 0 Å². The van der Waals surface area contributed by atoms with Crippen LogP contribution in [-0.4, -0.2) is 215 Å². The number of H-pyrrole nitrogens is 1. The third-order valence-corrected chi connectivity index (χ3v) is 14.5. The largest absolute Gasteiger partial charge is 0.480 e. The molecule has 1 aromatic heterocycles. The Morgan fingerprint density at radius 3 is 1.24 bits per heavy atom. The van der Waals surface area contributed by atoms with E-state index < -0.39 is 163 Å². The number of guanidine groups is 4. The van der Waals surface area contributed by atoms with Gasteiger partial charge < -0.3 is 126 Å². The molecule has 0 fully saturated rings. The minimum Gasteiger partial charge on any atom is -0.480 e. The number of primary amides is 1. The number of thiol groups is 1. The molecule has 1 heterocycles. The molecule has 0 aliphatic rings. The summed E-state index contributed by atoms with van der Waals surface area (Å²) in [6.07, 6.45) is 0.134. The Hall–Kier alpha value is -10.2. The number of carboxylic acids is 1. The Kier molecular flexibility index (Phi) is 36.6. The number of aliphatic carboxylic acids is 1. The van der Waals surface area contributed by atoms with E-state index in [2.05, 4.69) is 90.8 Å². The van der Waals surface area contributed by atoms with Gasteiger partial charge in [0.05, 0.1) is 13.2 Å². The molecule has 11 amide bonds. The number of aliphatic imine (C=N–C) groups is 4. The molecule has 0 bridgehead atoms. The quantitative estimate of drug-likeness (QED) is 0.0127. The summed E-state index contributed by atoms with van der Waals surface area (Å²) in [5.41, 5.74) is 56.2. The first-order valence-electron chi connectivity index (χ1n) is 30.5. The van der Waals surface area contributed by atoms with Gasteiger partial charge in [0.25, 0.3) is 0 Å². The van der Waals surface area contributed by atoms with Crippen LogP contribution in [0.1, 0.15) is 90.5 Å². The topological polar surface area (TPSA) is 691 Å². The highest BCUT2D eigenvalue weighted by Crippen LogP contribution is 2.20. The van der Waals surface area contributed by atoms with E-state index in [4.69, 9.17) is 57.3 Å². The minimum atomic E-state index is -1.86. The minimum absolute atomic E-state index is 0.00129. The third-order valence-electron chi connectivity index (χ3n) is 14.2. The second kappa shape index (κ2) is 42.9. The van der Waals surface area contributed by atoms with Crippen molar-refractivity contribution in [3.05, 3.63) is 36.0 Å². The zero-order valence-corrected chi connectivity index (χ0v) is 54.7. The number of hydrogen-bond acceptors (Lipinski definition) is 19. The monoisotopic (exact) mass is 1370 g/mol. The van der Waals surface area contributed by atoms with Crippen LogP contribution < -0.4 is 111 Å². The van der Waals surface area contributed by atoms with Gasteiger partial charge in [0.1, 0.15) is 60.4 Å². The Labute approximate surface area is 558 Å². The van der Waals surface area contributed by atoms with E-state index in [1.54, 1.807) is 30.5 Å². The Balaban J connectivity index is 2.55. The van der Waals surface area contributed by atoms with Crippen LogP contribution in [0, 0.1) is 5.92 Å². The van der Waals surface area contributed by atoms with E-state index in [1.165, 1.54) is 20.8 Å². The smallest absolute Gasteiger partial charge is 0.325 e. The van der Waals surface area contributed by atoms with Crippen molar-refractivity contribution in [2.24, 2.45) is 83.2 Å². The van der Waals surface area contributed by atoms with Gasteiger partial charge in [-0.1, -0.05) is 32.0 Å². The zero-order chi connectivity index (χ0) is 72.2. The molecule has 0 aliphatic carbocycles. The van der Waals surface area contributed by atoms with E-state index in [0.29, 0.717) is 16.5 Å². The van der Waals surface area contributed by atoms with Gasteiger partial charge in [-0.3, -0.25) is 77.5 Å². The highest BCUT2D eigenvalue weighted by atomic mass is 32.1. The van der Waals surface area contributed by atoms with Crippen LogP contribution in [0.2, 0.25) is 0 Å². The SMILES string of the molecule is CC(NC(=O)C(CS)NC(=O)C(Cc1c[nH]c2ccccc12)NC(=O)C(CCC(N)=O)NC(=O)C(NC(=O)C(CO)NC(=O)C(CCCN=C(N)N)NC(=O)C(CCCN=C(N)N)NC(=O)C(CCCN=C(N)N)NC(=O)C(CCCN=C(N)N)NC(=O)CN)C(C)C)C(=O)O. The van der Waals surface area contributed by atoms with Crippen LogP contribution >= 0.6 is 12.6 Å². The molecule has 10 atom stereocenters. The zero-order valence-electron chi connectivity index (χ0n) is 53.8. The van der Waals surface area contributed by atoms with Crippen LogP contribution in [0.15, 0.2) is 50.4 Å². The molecule has 39 nitrogen and oxygen atoms in total. The van der Waals surface area contributed by atoms with Gasteiger partial charge in [-0.2, -0.15) is 12.6 Å². The van der Waals surface area contributed by atoms with Crippen molar-refractivity contribution in [2.75, 3.05) is 45.1 Å². The average Bonchev–Trinajstić information content (AvgIpc) is 1.88. The first kappa shape index (κ1) is 81.8. The summed E-state index contributed by atoms with van der Waals surface area (Å²) in [6, 6.07) is -8.18. The summed E-state index contributed by atoms with van der Waals surface area (Å²) in [5.74, 6) is -14.1. The Morgan fingerprint density at radius 1 is 0.479 bits per heavy atom. The number of aromatic amines is 1. The fraction of sp³-hybridized carbons (Fsp3) is 0.571. The molecule has 534 valence electrons. The molecule has 2 rings (SSSR count). The summed E-state index contributed by atoms with van der Waals surface area (Å²) < 4.78 is 0. The number of hydrogen-bond donors (Lipinski definition) is 24. The number of benzene rings is 1. The molecule has 0 radical (unpaired) electrons. The summed E-state index contributed by atoms with van der Waals surface area (Å²) >= 11 is 4.16. The number of carbonyl (C=O) groups excluding carboxylic acids is 11. The number of carbonyl (C=O) groups is 12. The van der Waals surface area contributed by atoms with Crippen LogP contribution in [0.25, 0.3) is 10.9 Å². The van der Waals surface area contributed by atoms with E-state index >= 15 is 0 Å². The molecule has 33 N–H and O–H groups in total. The molecule has 96 heavy (non-hydrogen) atoms. The van der Waals surface area contributed by atoms with Crippen molar-refractivity contribution in [3.63, 3.8) is 0 Å². The fourth-order valence-electron chi connectivity index (χ4n) is 9.08. The molecule has 2 aromatic rings. The maximum Gasteiger partial charge on any atom is 0.325 e. The van der Waals surface area contributed by atoms with Gasteiger partial charge in [-0.25, -0.2) is 0 Å². The Morgan fingerprint density at radius 2 is 0.844 bits per heavy atom. The first-order chi connectivity index (χ1) is 45.3. The number of carboxylic acid groups (broad SMARTS) is 1. The highest BCUT2D eigenvalue weighted by Gasteiger charge is 2.37. The highest BCUT2D eigenvalue weighted by molar-refractivity contribution is 7.80. The normalized spacial score (nSPS) is 14.0. The van der Waals surface area contributed by atoms with Crippen molar-refractivity contribution in [1.82, 2.24) is 58.2 Å². The molecule has 40 heteroatoms. The molecule has 0 spiro atoms. The lowest BCUT2D eigenvalue weighted by Crippen LogP contribution is -2.62. The van der Waals surface area contributed by atoms with E-state index in [-0.39, 0.29) is 114 Å². The lowest BCUT2D eigenvalue weighted by Gasteiger charge is -2.29. The molecule has 0 saturated carbocycles. The standard InChI is InChI=1S/C56H95N25O14S/c1-27(2)42(51(93)77-36(16-17-40(58)83)47(89)78-37(22-29-24-71-31-11-5-4-10-30(29)31)48(90)80-39(26-96)50(92)72-28(3)52(94)95)81-49(91)38(25-82)79-46(88)35(15-9-21-70-56(65)66)76-45(87)34(14-8-20-69-55(63)64)75-44(86)33(13-7-19-68-54(61)62)74-43(85)32(73-41(84)23-57)12-6-18-67-53(59)60/h4-5,10-11,24,27-28,32-39,42,71,82,96H,6-9,12-23,25-26,57H2,1-3H3,(H2,58,83)(H,72,92)(H,73,84)(H,74,85)(H,75,86)(H,76,87)(H,77,93)(H,78,89)(H,79,88)(H,80,90)(H,81,91)(H,94,95)(H4,59,60,67)(H4,61,62,68)(H4,63,64,69)(H4,65,66,70). The number of nitrogens with one attached hydrogen (secondary N) is 11. The van der Waals surface area contributed by atoms with E-state index in [0.717, 1.165) is 0 Å². The maximum atomic E-state index is 14.5. The number of amides is 11. The van der Waals surface area contributed by atoms with E-state index in [9.17, 15) is 67.7 Å². The number of rotatable bonds is 45. The molecule has 0 saturated heterocycles. The number of aliphatic hydroxyl groups is 1. The number of aliphatic hydroxyl groups excluding tert-OH is 1. The number of fused-ring (bicyclic) bond motifs is 1. The van der Waals surface area contributed by atoms with Crippen molar-refractivity contribution in [3.8, 4) is 0 Å². The van der Waals surface area contributed by atoms with Gasteiger partial charge in [-0.05, 0) is 82.3 Å². The number of aromatic nitrogens is 1. The lowest BCUT2D eigenvalue weighted by molar-refractivity contribution is -0.141. The van der Waals surface area contributed by atoms with Crippen LogP contribution in [0.3, 0.4) is 0 Å². The first-order valence-corrected chi connectivity index (χ1v) is 31.2. The lowest BCUT2D eigenvalue weighted by atomic mass is 10.0. The van der Waals surface area contributed by atoms with Gasteiger partial charge in [0.2, 0.25) is 65.0 Å². The molecule has 10 unspecified atom stereocenters. The van der Waals surface area contributed by atoms with E-state index in [1.807, 2.05) is 0 Å². The summed E-state index contributed by atoms with van der Waals surface area (Å²) in [4.78, 5) is 182. The van der Waals surface area contributed by atoms with Crippen LogP contribution in [-0.2, 0) is 64.0 Å². The van der Waals surface area contributed by atoms with Crippen molar-refractivity contribution >= 4 is 118 Å². The van der Waals surface area contributed by atoms with Crippen LogP contribution in [0.5, 0.6) is 0 Å². The third kappa shape index (κ3) is 30.7. The summed E-state index contributed by atoms with van der Waals surface area (Å²) in [7, 11) is 0. The number of para-hydroxylation sites is 1. The number of nitrogens with two attached hydrogens (primary N) is 10. The molecule has 1 aromatic carbocycles. The molecular weight excluding hydrogens is 1280 g/mol. The maximum absolute atomic E-state index is 14.5. The van der Waals surface area contributed by atoms with Gasteiger partial charge >= 0.3 is 5.97 Å². The summed E-state index contributed by atoms with van der Waals surface area (Å²) in [6.45, 7) is 2.52. The summed E-state index contributed by atoms with van der Waals surface area (Å²) in [5, 5.41) is 45.5. The van der Waals surface area contributed by atoms with Crippen molar-refractivity contribution < 1.29 is 67.7 Å². The molecule has 0 aliphatic heterocycles. The second-order valence-electron chi connectivity index (χ2n) is 22.3. The van der Waals surface area contributed by atoms with Crippen molar-refractivity contribution in [2.45, 2.75) is 152 Å². The second-order valence-corrected chi connectivity index (χ2v) is 22.6. The number of nitrogens with zero attached hydrogens (tertiary/aromatic N) is 4. The van der Waals surface area contributed by atoms with Gasteiger partial charge in [0.15, 0.2) is 23.8 Å². The fourth-order valence-corrected chi connectivity index (χ4v) is 9.33. The predicted octanol–water partition coefficient (Wildman–Crippen LogP) is -9.32. The Bertz CT molecular complexity index is 3090. The average molecular weight is 1370 g/mol. The predicted molar refractivity (Wildman–Crippen MR) is 358 cm³/mol. The molecular formula is C56H95N25O14S. The van der Waals surface area contributed by atoms with Gasteiger partial charge in [0, 0.05) is 61.9 Å². The van der Waals surface area contributed by atoms with Crippen LogP contribution in [0.4, 0.5) is 0 Å². The van der Waals surface area contributed by atoms with Gasteiger partial charge in [-0.15, -0.1) is 0 Å².